The second kappa shape index (κ2) is 15.4. The SMILES string of the molecule is CC(C)(C)OC(=O)N[C@H](CCCC(Cc1ccccc1)OC(N)=O)C(=O)N(CCc1cccs1)Cc1cccs1. The van der Waals surface area contributed by atoms with Crippen molar-refractivity contribution in [3.63, 3.8) is 0 Å². The molecule has 0 radical (unpaired) electrons. The van der Waals surface area contributed by atoms with Crippen LogP contribution in [0.15, 0.2) is 65.4 Å². The Balaban J connectivity index is 1.73. The monoisotopic (exact) mass is 585 g/mol. The fraction of sp³-hybridized carbons (Fsp3) is 0.433. The van der Waals surface area contributed by atoms with Crippen molar-refractivity contribution in [1.29, 1.82) is 0 Å². The van der Waals surface area contributed by atoms with Crippen molar-refractivity contribution >= 4 is 40.8 Å². The number of nitrogens with zero attached hydrogens (tertiary/aromatic N) is 1. The first-order valence-corrected chi connectivity index (χ1v) is 15.2. The molecule has 3 N–H and O–H groups in total. The first-order valence-electron chi connectivity index (χ1n) is 13.4. The smallest absolute Gasteiger partial charge is 0.408 e. The van der Waals surface area contributed by atoms with E-state index in [1.807, 2.05) is 59.3 Å². The second-order valence-corrected chi connectivity index (χ2v) is 12.6. The number of hydrogen-bond acceptors (Lipinski definition) is 7. The highest BCUT2D eigenvalue weighted by Crippen LogP contribution is 2.19. The van der Waals surface area contributed by atoms with Crippen LogP contribution in [0.4, 0.5) is 9.59 Å². The van der Waals surface area contributed by atoms with Gasteiger partial charge in [-0.2, -0.15) is 0 Å². The number of thiophene rings is 2. The molecule has 40 heavy (non-hydrogen) atoms. The number of benzene rings is 1. The summed E-state index contributed by atoms with van der Waals surface area (Å²) in [6.45, 7) is 6.32. The predicted octanol–water partition coefficient (Wildman–Crippen LogP) is 6.15. The zero-order chi connectivity index (χ0) is 29.0. The number of alkyl carbamates (subject to hydrolysis) is 1. The maximum absolute atomic E-state index is 13.9. The van der Waals surface area contributed by atoms with Crippen LogP contribution in [0.5, 0.6) is 0 Å². The molecular weight excluding hydrogens is 546 g/mol. The second-order valence-electron chi connectivity index (χ2n) is 10.5. The van der Waals surface area contributed by atoms with E-state index in [4.69, 9.17) is 15.2 Å². The van der Waals surface area contributed by atoms with Gasteiger partial charge in [-0.1, -0.05) is 42.5 Å². The number of carbonyl (C=O) groups is 3. The van der Waals surface area contributed by atoms with E-state index < -0.39 is 29.9 Å². The number of nitrogens with one attached hydrogen (secondary N) is 1. The van der Waals surface area contributed by atoms with Crippen LogP contribution in [0.25, 0.3) is 0 Å². The Morgan fingerprint density at radius 2 is 1.62 bits per heavy atom. The van der Waals surface area contributed by atoms with Gasteiger partial charge in [-0.05, 0) is 74.9 Å². The molecule has 0 aliphatic heterocycles. The number of ether oxygens (including phenoxy) is 2. The van der Waals surface area contributed by atoms with Gasteiger partial charge in [-0.25, -0.2) is 9.59 Å². The van der Waals surface area contributed by atoms with Crippen molar-refractivity contribution in [3.8, 4) is 0 Å². The van der Waals surface area contributed by atoms with Gasteiger partial charge >= 0.3 is 12.2 Å². The lowest BCUT2D eigenvalue weighted by atomic mass is 10.0. The molecule has 0 bridgehead atoms. The van der Waals surface area contributed by atoms with Gasteiger partial charge in [0.05, 0.1) is 6.54 Å². The van der Waals surface area contributed by atoms with Crippen molar-refractivity contribution in [3.05, 3.63) is 80.7 Å². The van der Waals surface area contributed by atoms with Crippen LogP contribution >= 0.6 is 22.7 Å². The molecule has 0 fully saturated rings. The molecule has 216 valence electrons. The van der Waals surface area contributed by atoms with Crippen molar-refractivity contribution in [2.45, 2.75) is 77.2 Å². The molecule has 0 saturated carbocycles. The summed E-state index contributed by atoms with van der Waals surface area (Å²) in [5, 5.41) is 6.82. The van der Waals surface area contributed by atoms with Crippen LogP contribution in [0.1, 0.15) is 55.4 Å². The molecule has 0 saturated heterocycles. The first kappa shape index (κ1) is 31.2. The van der Waals surface area contributed by atoms with Gasteiger partial charge in [-0.3, -0.25) is 4.79 Å². The Morgan fingerprint density at radius 1 is 0.950 bits per heavy atom. The zero-order valence-electron chi connectivity index (χ0n) is 23.3. The molecular formula is C30H39N3O5S2. The Hall–Kier alpha value is -3.37. The largest absolute Gasteiger partial charge is 0.446 e. The molecule has 3 aromatic rings. The zero-order valence-corrected chi connectivity index (χ0v) is 25.0. The van der Waals surface area contributed by atoms with Crippen LogP contribution in [0, 0.1) is 0 Å². The van der Waals surface area contributed by atoms with Gasteiger partial charge in [0.2, 0.25) is 5.91 Å². The first-order chi connectivity index (χ1) is 19.1. The van der Waals surface area contributed by atoms with E-state index in [1.54, 1.807) is 48.3 Å². The Labute approximate surface area is 244 Å². The summed E-state index contributed by atoms with van der Waals surface area (Å²) >= 11 is 3.25. The summed E-state index contributed by atoms with van der Waals surface area (Å²) in [6.07, 6.45) is 0.661. The van der Waals surface area contributed by atoms with E-state index in [2.05, 4.69) is 11.4 Å². The van der Waals surface area contributed by atoms with Crippen molar-refractivity contribution in [2.75, 3.05) is 6.54 Å². The van der Waals surface area contributed by atoms with E-state index >= 15 is 0 Å². The maximum atomic E-state index is 13.9. The van der Waals surface area contributed by atoms with Crippen molar-refractivity contribution < 1.29 is 23.9 Å². The third-order valence-electron chi connectivity index (χ3n) is 6.04. The van der Waals surface area contributed by atoms with Gasteiger partial charge < -0.3 is 25.4 Å². The van der Waals surface area contributed by atoms with Crippen molar-refractivity contribution in [2.24, 2.45) is 5.73 Å². The van der Waals surface area contributed by atoms with Gasteiger partial charge in [-0.15, -0.1) is 22.7 Å². The van der Waals surface area contributed by atoms with E-state index in [1.165, 1.54) is 4.88 Å². The average molecular weight is 586 g/mol. The van der Waals surface area contributed by atoms with Crippen LogP contribution < -0.4 is 11.1 Å². The van der Waals surface area contributed by atoms with Crippen LogP contribution in [-0.4, -0.2) is 47.3 Å². The number of nitrogens with two attached hydrogens (primary N) is 1. The van der Waals surface area contributed by atoms with E-state index in [0.717, 1.165) is 16.9 Å². The number of primary amides is 1. The van der Waals surface area contributed by atoms with Crippen LogP contribution in [0.3, 0.4) is 0 Å². The third-order valence-corrected chi connectivity index (χ3v) is 7.84. The van der Waals surface area contributed by atoms with E-state index in [-0.39, 0.29) is 5.91 Å². The lowest BCUT2D eigenvalue weighted by Gasteiger charge is -2.29. The minimum absolute atomic E-state index is 0.175. The number of hydrogen-bond donors (Lipinski definition) is 2. The summed E-state index contributed by atoms with van der Waals surface area (Å²) in [6, 6.07) is 16.9. The number of rotatable bonds is 14. The minimum Gasteiger partial charge on any atom is -0.446 e. The molecule has 8 nitrogen and oxygen atoms in total. The molecule has 10 heteroatoms. The highest BCUT2D eigenvalue weighted by Gasteiger charge is 2.29. The van der Waals surface area contributed by atoms with Gasteiger partial charge in [0.1, 0.15) is 17.7 Å². The minimum atomic E-state index is -0.837. The van der Waals surface area contributed by atoms with Gasteiger partial charge in [0.25, 0.3) is 0 Å². The lowest BCUT2D eigenvalue weighted by Crippen LogP contribution is -2.50. The highest BCUT2D eigenvalue weighted by molar-refractivity contribution is 7.10. The van der Waals surface area contributed by atoms with E-state index in [0.29, 0.717) is 38.8 Å². The van der Waals surface area contributed by atoms with Gasteiger partial charge in [0, 0.05) is 22.7 Å². The molecule has 0 spiro atoms. The summed E-state index contributed by atoms with van der Waals surface area (Å²) in [5.41, 5.74) is 5.65. The molecule has 2 atom stereocenters. The molecule has 3 rings (SSSR count). The maximum Gasteiger partial charge on any atom is 0.408 e. The molecule has 2 heterocycles. The molecule has 2 aromatic heterocycles. The third kappa shape index (κ3) is 11.4. The lowest BCUT2D eigenvalue weighted by molar-refractivity contribution is -0.134. The number of amides is 3. The molecule has 0 aliphatic carbocycles. The van der Waals surface area contributed by atoms with Crippen LogP contribution in [0.2, 0.25) is 0 Å². The highest BCUT2D eigenvalue weighted by atomic mass is 32.1. The molecule has 1 unspecified atom stereocenters. The van der Waals surface area contributed by atoms with Crippen molar-refractivity contribution in [1.82, 2.24) is 10.2 Å². The quantitative estimate of drug-likeness (QED) is 0.236. The number of carbonyl (C=O) groups excluding carboxylic acids is 3. The fourth-order valence-electron chi connectivity index (χ4n) is 4.28. The summed E-state index contributed by atoms with van der Waals surface area (Å²) in [4.78, 5) is 42.3. The normalized spacial score (nSPS) is 12.8. The summed E-state index contributed by atoms with van der Waals surface area (Å²) in [5.74, 6) is -0.175. The summed E-state index contributed by atoms with van der Waals surface area (Å²) < 4.78 is 10.9. The average Bonchev–Trinajstić information content (AvgIpc) is 3.59. The predicted molar refractivity (Wildman–Crippen MR) is 159 cm³/mol. The Morgan fingerprint density at radius 3 is 2.23 bits per heavy atom. The van der Waals surface area contributed by atoms with E-state index in [9.17, 15) is 14.4 Å². The molecule has 1 aromatic carbocycles. The van der Waals surface area contributed by atoms with Crippen LogP contribution in [-0.2, 0) is 33.7 Å². The topological polar surface area (TPSA) is 111 Å². The Kier molecular flexibility index (Phi) is 12.0. The standard InChI is InChI=1S/C30H39N3O5S2/c1-30(2,3)38-29(36)32-26(15-7-12-23(37-28(31)35)20-22-10-5-4-6-11-22)27(34)33(21-25-14-9-19-40-25)17-16-24-13-8-18-39-24/h4-6,8-11,13-14,18-19,23,26H,7,12,15-17,20-21H2,1-3H3,(H2,31,35)(H,32,36)/t23?,26-/m1/s1. The fourth-order valence-corrected chi connectivity index (χ4v) is 5.70. The Bertz CT molecular complexity index is 1180. The van der Waals surface area contributed by atoms with Gasteiger partial charge in [0.15, 0.2) is 0 Å². The summed E-state index contributed by atoms with van der Waals surface area (Å²) in [7, 11) is 0. The molecule has 3 amide bonds. The molecule has 0 aliphatic rings.